The highest BCUT2D eigenvalue weighted by molar-refractivity contribution is 7.92. The highest BCUT2D eigenvalue weighted by Crippen LogP contribution is 2.35. The topological polar surface area (TPSA) is 96.0 Å². The zero-order valence-electron chi connectivity index (χ0n) is 25.2. The highest BCUT2D eigenvalue weighted by Gasteiger charge is 2.34. The lowest BCUT2D eigenvalue weighted by molar-refractivity contribution is -0.139. The van der Waals surface area contributed by atoms with Gasteiger partial charge in [0.25, 0.3) is 10.0 Å². The molecular formula is C33H40ClN3O5S. The van der Waals surface area contributed by atoms with Crippen molar-refractivity contribution < 1.29 is 22.7 Å². The van der Waals surface area contributed by atoms with Crippen LogP contribution in [0.4, 0.5) is 5.69 Å². The highest BCUT2D eigenvalue weighted by atomic mass is 35.5. The molecule has 10 heteroatoms. The number of nitrogens with one attached hydrogen (secondary N) is 1. The summed E-state index contributed by atoms with van der Waals surface area (Å²) in [6, 6.07) is 17.9. The first-order valence-electron chi connectivity index (χ1n) is 14.6. The molecule has 0 radical (unpaired) electrons. The minimum Gasteiger partial charge on any atom is -0.495 e. The average Bonchev–Trinajstić information content (AvgIpc) is 2.99. The molecule has 0 bridgehead atoms. The molecule has 2 amide bonds. The Morgan fingerprint density at radius 1 is 0.953 bits per heavy atom. The van der Waals surface area contributed by atoms with E-state index >= 15 is 0 Å². The van der Waals surface area contributed by atoms with Crippen molar-refractivity contribution in [1.29, 1.82) is 0 Å². The van der Waals surface area contributed by atoms with Crippen LogP contribution in [-0.4, -0.2) is 50.9 Å². The molecule has 3 aromatic carbocycles. The van der Waals surface area contributed by atoms with Crippen LogP contribution in [-0.2, 0) is 26.2 Å². The van der Waals surface area contributed by atoms with Crippen LogP contribution in [0.5, 0.6) is 5.75 Å². The molecule has 1 unspecified atom stereocenters. The third-order valence-corrected chi connectivity index (χ3v) is 9.90. The number of halogens is 1. The summed E-state index contributed by atoms with van der Waals surface area (Å²) in [4.78, 5) is 29.2. The van der Waals surface area contributed by atoms with Crippen LogP contribution in [0.2, 0.25) is 5.02 Å². The Morgan fingerprint density at radius 3 is 2.16 bits per heavy atom. The van der Waals surface area contributed by atoms with Crippen molar-refractivity contribution in [2.45, 2.75) is 76.4 Å². The number of benzene rings is 3. The minimum atomic E-state index is -4.25. The molecule has 0 spiro atoms. The Bertz CT molecular complexity index is 1520. The van der Waals surface area contributed by atoms with Crippen molar-refractivity contribution >= 4 is 39.1 Å². The van der Waals surface area contributed by atoms with Gasteiger partial charge in [0, 0.05) is 17.6 Å². The Labute approximate surface area is 260 Å². The molecule has 1 aliphatic carbocycles. The number of sulfonamides is 1. The van der Waals surface area contributed by atoms with Crippen molar-refractivity contribution in [3.8, 4) is 5.75 Å². The van der Waals surface area contributed by atoms with E-state index in [0.717, 1.165) is 53.1 Å². The second-order valence-corrected chi connectivity index (χ2v) is 13.5. The lowest BCUT2D eigenvalue weighted by Crippen LogP contribution is -2.53. The molecule has 1 fully saturated rings. The zero-order valence-corrected chi connectivity index (χ0v) is 26.7. The smallest absolute Gasteiger partial charge is 0.264 e. The number of ether oxygens (including phenoxy) is 1. The fourth-order valence-electron chi connectivity index (χ4n) is 5.25. The van der Waals surface area contributed by atoms with Gasteiger partial charge in [-0.1, -0.05) is 78.4 Å². The summed E-state index contributed by atoms with van der Waals surface area (Å²) < 4.78 is 34.8. The van der Waals surface area contributed by atoms with Crippen LogP contribution in [0, 0.1) is 13.8 Å². The van der Waals surface area contributed by atoms with E-state index in [4.69, 9.17) is 16.3 Å². The maximum Gasteiger partial charge on any atom is 0.264 e. The van der Waals surface area contributed by atoms with Gasteiger partial charge in [-0.05, 0) is 69.5 Å². The first kappa shape index (κ1) is 32.4. The van der Waals surface area contributed by atoms with Gasteiger partial charge in [0.1, 0.15) is 18.3 Å². The van der Waals surface area contributed by atoms with Crippen LogP contribution in [0.3, 0.4) is 0 Å². The second kappa shape index (κ2) is 14.3. The number of aryl methyl sites for hydroxylation is 2. The fraction of sp³-hybridized carbons (Fsp3) is 0.394. The molecule has 0 aliphatic heterocycles. The molecule has 0 aromatic heterocycles. The molecule has 1 N–H and O–H groups in total. The normalized spacial score (nSPS) is 14.5. The van der Waals surface area contributed by atoms with Crippen LogP contribution >= 0.6 is 11.6 Å². The molecule has 43 heavy (non-hydrogen) atoms. The van der Waals surface area contributed by atoms with Gasteiger partial charge >= 0.3 is 0 Å². The first-order valence-corrected chi connectivity index (χ1v) is 16.4. The van der Waals surface area contributed by atoms with Gasteiger partial charge in [0.2, 0.25) is 11.8 Å². The van der Waals surface area contributed by atoms with Gasteiger partial charge in [0.15, 0.2) is 0 Å². The summed E-state index contributed by atoms with van der Waals surface area (Å²) in [5.41, 5.74) is 2.90. The molecule has 1 aliphatic rings. The largest absolute Gasteiger partial charge is 0.495 e. The van der Waals surface area contributed by atoms with Crippen molar-refractivity contribution in [2.24, 2.45) is 0 Å². The third kappa shape index (κ3) is 8.09. The van der Waals surface area contributed by atoms with Gasteiger partial charge in [-0.2, -0.15) is 0 Å². The first-order chi connectivity index (χ1) is 20.5. The van der Waals surface area contributed by atoms with E-state index in [2.05, 4.69) is 5.32 Å². The number of hydrogen-bond acceptors (Lipinski definition) is 5. The molecule has 3 aromatic rings. The third-order valence-electron chi connectivity index (χ3n) is 7.89. The Balaban J connectivity index is 1.72. The molecule has 1 saturated carbocycles. The summed E-state index contributed by atoms with van der Waals surface area (Å²) in [5.74, 6) is -0.564. The van der Waals surface area contributed by atoms with Crippen LogP contribution in [0.1, 0.15) is 55.7 Å². The SMILES string of the molecule is COc1ccc(Cl)cc1N(CC(=O)N(Cc1ccc(C)cc1)C(C)C(=O)NC1CCCCC1)S(=O)(=O)c1ccc(C)cc1. The van der Waals surface area contributed by atoms with Gasteiger partial charge in [-0.25, -0.2) is 8.42 Å². The van der Waals surface area contributed by atoms with E-state index in [1.807, 2.05) is 38.1 Å². The average molecular weight is 626 g/mol. The van der Waals surface area contributed by atoms with E-state index in [1.165, 1.54) is 30.2 Å². The summed E-state index contributed by atoms with van der Waals surface area (Å²) in [5, 5.41) is 3.40. The summed E-state index contributed by atoms with van der Waals surface area (Å²) in [7, 11) is -2.83. The predicted molar refractivity (Wildman–Crippen MR) is 170 cm³/mol. The Kier molecular flexibility index (Phi) is 10.7. The molecule has 4 rings (SSSR count). The predicted octanol–water partition coefficient (Wildman–Crippen LogP) is 6.03. The fourth-order valence-corrected chi connectivity index (χ4v) is 6.83. The maximum atomic E-state index is 14.2. The summed E-state index contributed by atoms with van der Waals surface area (Å²) in [6.45, 7) is 5.08. The number of carbonyl (C=O) groups excluding carboxylic acids is 2. The van der Waals surface area contributed by atoms with E-state index < -0.39 is 28.5 Å². The Hall–Kier alpha value is -3.56. The van der Waals surface area contributed by atoms with E-state index in [1.54, 1.807) is 31.2 Å². The van der Waals surface area contributed by atoms with Crippen LogP contribution < -0.4 is 14.4 Å². The van der Waals surface area contributed by atoms with E-state index in [0.29, 0.717) is 0 Å². The van der Waals surface area contributed by atoms with Gasteiger partial charge in [0.05, 0.1) is 17.7 Å². The zero-order chi connectivity index (χ0) is 31.1. The number of hydrogen-bond donors (Lipinski definition) is 1. The van der Waals surface area contributed by atoms with Gasteiger partial charge in [-0.3, -0.25) is 13.9 Å². The monoisotopic (exact) mass is 625 g/mol. The van der Waals surface area contributed by atoms with Crippen LogP contribution in [0.25, 0.3) is 0 Å². The standard InChI is InChI=1S/C33H40ClN3O5S/c1-23-10-14-26(15-11-23)21-36(25(3)33(39)35-28-8-6-5-7-9-28)32(38)22-37(30-20-27(34)16-19-31(30)42-4)43(40,41)29-17-12-24(2)13-18-29/h10-20,25,28H,5-9,21-22H2,1-4H3,(H,35,39). The number of methoxy groups -OCH3 is 1. The number of carbonyl (C=O) groups is 2. The molecule has 0 heterocycles. The van der Waals surface area contributed by atoms with Gasteiger partial charge < -0.3 is 15.0 Å². The minimum absolute atomic E-state index is 0.0149. The Morgan fingerprint density at radius 2 is 1.56 bits per heavy atom. The number of anilines is 1. The summed E-state index contributed by atoms with van der Waals surface area (Å²) >= 11 is 6.31. The van der Waals surface area contributed by atoms with Crippen molar-refractivity contribution in [1.82, 2.24) is 10.2 Å². The second-order valence-electron chi connectivity index (χ2n) is 11.2. The lowest BCUT2D eigenvalue weighted by Gasteiger charge is -2.33. The van der Waals surface area contributed by atoms with Crippen molar-refractivity contribution in [3.63, 3.8) is 0 Å². The number of amides is 2. The van der Waals surface area contributed by atoms with Crippen molar-refractivity contribution in [3.05, 3.63) is 88.4 Å². The molecule has 1 atom stereocenters. The van der Waals surface area contributed by atoms with E-state index in [9.17, 15) is 18.0 Å². The number of rotatable bonds is 11. The molecule has 230 valence electrons. The quantitative estimate of drug-likeness (QED) is 0.281. The maximum absolute atomic E-state index is 14.2. The summed E-state index contributed by atoms with van der Waals surface area (Å²) in [6.07, 6.45) is 5.07. The van der Waals surface area contributed by atoms with Gasteiger partial charge in [-0.15, -0.1) is 0 Å². The van der Waals surface area contributed by atoms with Crippen LogP contribution in [0.15, 0.2) is 71.6 Å². The number of nitrogens with zero attached hydrogens (tertiary/aromatic N) is 2. The molecule has 8 nitrogen and oxygen atoms in total. The van der Waals surface area contributed by atoms with Crippen molar-refractivity contribution in [2.75, 3.05) is 18.0 Å². The molecular weight excluding hydrogens is 586 g/mol. The van der Waals surface area contributed by atoms with E-state index in [-0.39, 0.29) is 39.8 Å². The molecule has 0 saturated heterocycles. The lowest BCUT2D eigenvalue weighted by atomic mass is 9.95.